The van der Waals surface area contributed by atoms with Gasteiger partial charge in [-0.3, -0.25) is 9.69 Å². The van der Waals surface area contributed by atoms with E-state index >= 15 is 0 Å². The monoisotopic (exact) mass is 557 g/mol. The van der Waals surface area contributed by atoms with Gasteiger partial charge in [0.25, 0.3) is 0 Å². The molecule has 1 N–H and O–H groups in total. The Hall–Kier alpha value is -4.15. The normalized spacial score (nSPS) is 12.7. The van der Waals surface area contributed by atoms with Crippen molar-refractivity contribution in [3.63, 3.8) is 0 Å². The fraction of sp³-hybridized carbons (Fsp3) is 0.382. The highest BCUT2D eigenvalue weighted by molar-refractivity contribution is 5.83. The van der Waals surface area contributed by atoms with E-state index in [-0.39, 0.29) is 5.92 Å². The molecular formula is C34H47N5O2. The summed E-state index contributed by atoms with van der Waals surface area (Å²) in [5, 5.41) is 12.6. The minimum atomic E-state index is -0.0473. The molecule has 0 heterocycles. The Morgan fingerprint density at radius 3 is 2.61 bits per heavy atom. The van der Waals surface area contributed by atoms with Crippen LogP contribution >= 0.6 is 0 Å². The number of nitrogens with zero attached hydrogens (tertiary/aromatic N) is 4. The third-order valence-corrected chi connectivity index (χ3v) is 6.27. The lowest BCUT2D eigenvalue weighted by Crippen LogP contribution is -2.25. The molecule has 1 rings (SSSR count). The lowest BCUT2D eigenvalue weighted by atomic mass is 10.0. The molecule has 0 saturated carbocycles. The highest BCUT2D eigenvalue weighted by Gasteiger charge is 2.10. The molecule has 1 aromatic rings. The summed E-state index contributed by atoms with van der Waals surface area (Å²) in [6.07, 6.45) is 18.6. The van der Waals surface area contributed by atoms with Crippen molar-refractivity contribution in [2.24, 2.45) is 10.9 Å². The Bertz CT molecular complexity index is 1150. The van der Waals surface area contributed by atoms with E-state index in [9.17, 15) is 10.1 Å². The second kappa shape index (κ2) is 22.6. The predicted molar refractivity (Wildman–Crippen MR) is 171 cm³/mol. The molecule has 7 heteroatoms. The molecule has 1 unspecified atom stereocenters. The first-order chi connectivity index (χ1) is 20.0. The van der Waals surface area contributed by atoms with Crippen LogP contribution in [0.5, 0.6) is 0 Å². The molecule has 0 aliphatic heterocycles. The van der Waals surface area contributed by atoms with Gasteiger partial charge >= 0.3 is 0 Å². The number of ether oxygens (including phenoxy) is 1. The van der Waals surface area contributed by atoms with E-state index in [1.165, 1.54) is 0 Å². The van der Waals surface area contributed by atoms with Crippen LogP contribution in [0.15, 0.2) is 95.9 Å². The number of aldehydes is 1. The van der Waals surface area contributed by atoms with E-state index in [0.29, 0.717) is 17.8 Å². The Kier molecular flexibility index (Phi) is 19.3. The summed E-state index contributed by atoms with van der Waals surface area (Å²) in [5.41, 5.74) is 2.12. The molecule has 0 aromatic heterocycles. The minimum Gasteiger partial charge on any atom is -0.497 e. The zero-order valence-electron chi connectivity index (χ0n) is 25.4. The lowest BCUT2D eigenvalue weighted by molar-refractivity contribution is 0.112. The van der Waals surface area contributed by atoms with Crippen LogP contribution in [0.25, 0.3) is 0 Å². The van der Waals surface area contributed by atoms with E-state index in [0.717, 1.165) is 56.5 Å². The molecule has 1 aromatic carbocycles. The first kappa shape index (κ1) is 34.9. The molecule has 0 bridgehead atoms. The van der Waals surface area contributed by atoms with Gasteiger partial charge in [0.05, 0.1) is 31.1 Å². The maximum absolute atomic E-state index is 12.2. The van der Waals surface area contributed by atoms with Gasteiger partial charge in [0, 0.05) is 32.7 Å². The summed E-state index contributed by atoms with van der Waals surface area (Å²) >= 11 is 0. The third-order valence-electron chi connectivity index (χ3n) is 6.27. The molecule has 0 aliphatic carbocycles. The zero-order valence-corrected chi connectivity index (χ0v) is 25.4. The van der Waals surface area contributed by atoms with Gasteiger partial charge in [-0.25, -0.2) is 4.99 Å². The van der Waals surface area contributed by atoms with E-state index in [1.807, 2.05) is 105 Å². The molecule has 0 aliphatic rings. The van der Waals surface area contributed by atoms with E-state index in [4.69, 9.17) is 4.74 Å². The zero-order chi connectivity index (χ0) is 30.1. The van der Waals surface area contributed by atoms with E-state index in [1.54, 1.807) is 13.4 Å². The summed E-state index contributed by atoms with van der Waals surface area (Å²) in [7, 11) is 5.47. The van der Waals surface area contributed by atoms with Gasteiger partial charge in [-0.15, -0.1) is 0 Å². The highest BCUT2D eigenvalue weighted by atomic mass is 16.5. The molecule has 7 nitrogen and oxygen atoms in total. The van der Waals surface area contributed by atoms with Crippen LogP contribution in [0, 0.1) is 17.2 Å². The fourth-order valence-corrected chi connectivity index (χ4v) is 3.81. The highest BCUT2D eigenvalue weighted by Crippen LogP contribution is 2.17. The topological polar surface area (TPSA) is 81.0 Å². The molecule has 0 spiro atoms. The molecular weight excluding hydrogens is 510 g/mol. The molecule has 1 atom stereocenters. The Morgan fingerprint density at radius 2 is 1.95 bits per heavy atom. The second-order valence-corrected chi connectivity index (χ2v) is 9.39. The van der Waals surface area contributed by atoms with Crippen molar-refractivity contribution < 1.29 is 9.53 Å². The Balaban J connectivity index is 3.03. The minimum absolute atomic E-state index is 0.0473. The average Bonchev–Trinajstić information content (AvgIpc) is 2.99. The second-order valence-electron chi connectivity index (χ2n) is 9.39. The number of nitriles is 1. The van der Waals surface area contributed by atoms with Crippen LogP contribution in [-0.2, 0) is 11.3 Å². The number of hydrogen-bond donors (Lipinski definition) is 1. The van der Waals surface area contributed by atoms with Gasteiger partial charge in [0.1, 0.15) is 5.76 Å². The van der Waals surface area contributed by atoms with Crippen molar-refractivity contribution in [2.75, 3.05) is 40.8 Å². The predicted octanol–water partition coefficient (Wildman–Crippen LogP) is 6.74. The van der Waals surface area contributed by atoms with Crippen molar-refractivity contribution in [3.8, 4) is 6.07 Å². The smallest absolute Gasteiger partial charge is 0.152 e. The van der Waals surface area contributed by atoms with Crippen molar-refractivity contribution in [3.05, 3.63) is 102 Å². The molecule has 0 fully saturated rings. The quantitative estimate of drug-likeness (QED) is 0.0708. The molecule has 41 heavy (non-hydrogen) atoms. The van der Waals surface area contributed by atoms with Crippen molar-refractivity contribution in [1.29, 1.82) is 5.26 Å². The number of allylic oxidation sites excluding steroid dienone is 5. The molecule has 0 amide bonds. The molecule has 0 radical (unpaired) electrons. The van der Waals surface area contributed by atoms with Crippen molar-refractivity contribution >= 4 is 18.3 Å². The van der Waals surface area contributed by atoms with Crippen molar-refractivity contribution in [2.45, 2.75) is 39.7 Å². The van der Waals surface area contributed by atoms with Crippen LogP contribution in [0.3, 0.4) is 0 Å². The summed E-state index contributed by atoms with van der Waals surface area (Å²) < 4.78 is 5.24. The average molecular weight is 558 g/mol. The van der Waals surface area contributed by atoms with Crippen LogP contribution in [0.1, 0.15) is 49.0 Å². The number of nitrogens with one attached hydrogen (secondary N) is 1. The van der Waals surface area contributed by atoms with Gasteiger partial charge in [0.2, 0.25) is 0 Å². The third kappa shape index (κ3) is 15.9. The summed E-state index contributed by atoms with van der Waals surface area (Å²) in [6, 6.07) is 16.0. The maximum Gasteiger partial charge on any atom is 0.152 e. The largest absolute Gasteiger partial charge is 0.497 e. The summed E-state index contributed by atoms with van der Waals surface area (Å²) in [6.45, 7) is 7.12. The summed E-state index contributed by atoms with van der Waals surface area (Å²) in [5.74, 6) is 0.782. The fourth-order valence-electron chi connectivity index (χ4n) is 3.81. The van der Waals surface area contributed by atoms with Crippen LogP contribution < -0.4 is 5.32 Å². The Morgan fingerprint density at radius 1 is 1.17 bits per heavy atom. The first-order valence-electron chi connectivity index (χ1n) is 14.1. The number of aliphatic imine (C=N–C) groups is 1. The van der Waals surface area contributed by atoms with Gasteiger partial charge in [0.15, 0.2) is 6.29 Å². The molecule has 220 valence electrons. The van der Waals surface area contributed by atoms with Crippen molar-refractivity contribution in [1.82, 2.24) is 15.1 Å². The molecule has 0 saturated heterocycles. The maximum atomic E-state index is 12.2. The number of methoxy groups -OCH3 is 1. The van der Waals surface area contributed by atoms with E-state index < -0.39 is 0 Å². The van der Waals surface area contributed by atoms with Crippen LogP contribution in [0.2, 0.25) is 0 Å². The standard InChI is InChI=1S/C34H47N5O2/c1-6-33(41-5)19-14-16-23-38(4)29-37-34-20-13-9-8-11-18-31(25-32(34)28-40)27-39(7-2)24-21-30(26-35)17-12-10-15-22-36-3/h6,8-15,18-20,22,25,28-30,36H,7,16-17,21,23-24,27H2,1-5H3/b9-8?,11-8?,12-10-,13-9?,18-11?,19-14-,20-13?,22-15-,31-18?,31-25?,32-25?,33-6+,34-20?,34-32?,37-29?. The van der Waals surface area contributed by atoms with E-state index in [2.05, 4.69) is 34.3 Å². The lowest BCUT2D eigenvalue weighted by Gasteiger charge is -2.21. The number of hydrogen-bond acceptors (Lipinski definition) is 6. The number of rotatable bonds is 18. The van der Waals surface area contributed by atoms with Gasteiger partial charge in [-0.1, -0.05) is 55.5 Å². The van der Waals surface area contributed by atoms with Gasteiger partial charge in [-0.2, -0.15) is 5.26 Å². The SMILES string of the molecule is C/C=C(\C=C/CCN(C)C=Nc1ccccccc(CN(CC)CCC(C#N)C/C=C\C=C/NC)cc1C=O)OC. The first-order valence-corrected chi connectivity index (χ1v) is 14.1. The van der Waals surface area contributed by atoms with Gasteiger partial charge < -0.3 is 15.0 Å². The number of carbonyl (C=O) groups is 1. The van der Waals surface area contributed by atoms with Crippen LogP contribution in [-0.4, -0.2) is 63.3 Å². The Labute approximate surface area is 247 Å². The summed E-state index contributed by atoms with van der Waals surface area (Å²) in [4.78, 5) is 21.1. The van der Waals surface area contributed by atoms with Gasteiger partial charge in [-0.05, 0) is 81.4 Å². The van der Waals surface area contributed by atoms with Crippen LogP contribution in [0.4, 0.5) is 5.69 Å². The number of carbonyl (C=O) groups excluding carboxylic acids is 1.